The van der Waals surface area contributed by atoms with Crippen molar-refractivity contribution in [3.05, 3.63) is 47.3 Å². The fourth-order valence-electron chi connectivity index (χ4n) is 4.62. The molecule has 1 aliphatic carbocycles. The van der Waals surface area contributed by atoms with Gasteiger partial charge in [0, 0.05) is 19.1 Å². The van der Waals surface area contributed by atoms with Crippen molar-refractivity contribution in [2.45, 2.75) is 32.2 Å². The highest BCUT2D eigenvalue weighted by atomic mass is 35.5. The molecule has 3 N–H and O–H groups in total. The number of nitrogens with two attached hydrogens (primary N) is 1. The fourth-order valence-corrected chi connectivity index (χ4v) is 4.62. The molecule has 2 aliphatic rings. The molecule has 0 bridgehead atoms. The number of piperidine rings is 1. The van der Waals surface area contributed by atoms with Gasteiger partial charge >= 0.3 is 0 Å². The van der Waals surface area contributed by atoms with E-state index in [1.54, 1.807) is 6.20 Å². The molecule has 0 saturated carbocycles. The van der Waals surface area contributed by atoms with Crippen LogP contribution in [0.15, 0.2) is 30.5 Å². The van der Waals surface area contributed by atoms with Gasteiger partial charge in [0.1, 0.15) is 5.52 Å². The van der Waals surface area contributed by atoms with Crippen LogP contribution < -0.4 is 10.6 Å². The number of aromatic nitrogens is 4. The molecule has 7 heteroatoms. The Morgan fingerprint density at radius 1 is 1.19 bits per heavy atom. The number of aryl methyl sites for hydroxylation is 1. The van der Waals surface area contributed by atoms with Crippen molar-refractivity contribution in [1.29, 1.82) is 0 Å². The highest BCUT2D eigenvalue weighted by molar-refractivity contribution is 5.85. The molecule has 6 nitrogen and oxygen atoms in total. The summed E-state index contributed by atoms with van der Waals surface area (Å²) in [5.41, 5.74) is 12.2. The van der Waals surface area contributed by atoms with Gasteiger partial charge in [0.15, 0.2) is 11.5 Å². The minimum atomic E-state index is 0. The number of aromatic amines is 1. The molecule has 0 amide bonds. The summed E-state index contributed by atoms with van der Waals surface area (Å²) in [6.45, 7) is 3.96. The maximum atomic E-state index is 6.67. The lowest BCUT2D eigenvalue weighted by Crippen LogP contribution is -2.44. The average molecular weight is 371 g/mol. The van der Waals surface area contributed by atoms with E-state index in [1.807, 2.05) is 6.92 Å². The number of nitrogens with zero attached hydrogens (tertiary/aromatic N) is 4. The van der Waals surface area contributed by atoms with Crippen LogP contribution in [0, 0.1) is 12.3 Å². The predicted octanol–water partition coefficient (Wildman–Crippen LogP) is 2.93. The van der Waals surface area contributed by atoms with Gasteiger partial charge in [0.25, 0.3) is 0 Å². The van der Waals surface area contributed by atoms with Crippen molar-refractivity contribution in [1.82, 2.24) is 20.2 Å². The Kier molecular flexibility index (Phi) is 4.12. The highest BCUT2D eigenvalue weighted by Crippen LogP contribution is 2.50. The largest absolute Gasteiger partial charge is 0.355 e. The van der Waals surface area contributed by atoms with E-state index in [0.29, 0.717) is 0 Å². The lowest BCUT2D eigenvalue weighted by Gasteiger charge is -2.42. The van der Waals surface area contributed by atoms with Crippen molar-refractivity contribution < 1.29 is 0 Å². The molecule has 2 aromatic heterocycles. The number of fused-ring (bicyclic) bond motifs is 2. The summed E-state index contributed by atoms with van der Waals surface area (Å²) in [6, 6.07) is 8.80. The molecule has 0 radical (unpaired) electrons. The van der Waals surface area contributed by atoms with E-state index >= 15 is 0 Å². The summed E-state index contributed by atoms with van der Waals surface area (Å²) in [5.74, 6) is 0.968. The summed E-state index contributed by atoms with van der Waals surface area (Å²) in [7, 11) is 0. The minimum Gasteiger partial charge on any atom is -0.355 e. The van der Waals surface area contributed by atoms with Gasteiger partial charge in [-0.15, -0.1) is 12.4 Å². The lowest BCUT2D eigenvalue weighted by molar-refractivity contribution is 0.187. The molecule has 1 aliphatic heterocycles. The van der Waals surface area contributed by atoms with Crippen LogP contribution in [0.1, 0.15) is 35.7 Å². The monoisotopic (exact) mass is 370 g/mol. The molecule has 1 atom stereocenters. The number of benzene rings is 1. The maximum Gasteiger partial charge on any atom is 0.176 e. The first-order valence-corrected chi connectivity index (χ1v) is 8.92. The Morgan fingerprint density at radius 2 is 1.96 bits per heavy atom. The molecule has 1 unspecified atom stereocenters. The lowest BCUT2D eigenvalue weighted by atomic mass is 9.73. The zero-order valence-electron chi connectivity index (χ0n) is 14.8. The zero-order chi connectivity index (χ0) is 17.0. The Hall–Kier alpha value is -2.18. The first kappa shape index (κ1) is 17.2. The van der Waals surface area contributed by atoms with Gasteiger partial charge in [0.2, 0.25) is 0 Å². The van der Waals surface area contributed by atoms with Crippen LogP contribution in [0.25, 0.3) is 11.2 Å². The van der Waals surface area contributed by atoms with Crippen LogP contribution in [0.2, 0.25) is 0 Å². The van der Waals surface area contributed by atoms with Crippen LogP contribution in [-0.2, 0) is 6.42 Å². The van der Waals surface area contributed by atoms with Gasteiger partial charge < -0.3 is 10.6 Å². The van der Waals surface area contributed by atoms with Gasteiger partial charge in [-0.2, -0.15) is 5.10 Å². The topological polar surface area (TPSA) is 83.7 Å². The van der Waals surface area contributed by atoms with Gasteiger partial charge in [-0.3, -0.25) is 5.10 Å². The van der Waals surface area contributed by atoms with E-state index in [4.69, 9.17) is 10.7 Å². The maximum absolute atomic E-state index is 6.67. The van der Waals surface area contributed by atoms with Crippen LogP contribution in [-0.4, -0.2) is 33.3 Å². The van der Waals surface area contributed by atoms with Crippen molar-refractivity contribution in [2.75, 3.05) is 18.0 Å². The minimum absolute atomic E-state index is 0. The molecule has 1 aromatic carbocycles. The molecule has 136 valence electrons. The molecule has 26 heavy (non-hydrogen) atoms. The summed E-state index contributed by atoms with van der Waals surface area (Å²) in [4.78, 5) is 11.7. The number of hydrogen-bond donors (Lipinski definition) is 2. The Morgan fingerprint density at radius 3 is 2.73 bits per heavy atom. The van der Waals surface area contributed by atoms with E-state index < -0.39 is 0 Å². The zero-order valence-corrected chi connectivity index (χ0v) is 15.6. The van der Waals surface area contributed by atoms with E-state index in [2.05, 4.69) is 44.3 Å². The number of anilines is 1. The van der Waals surface area contributed by atoms with Crippen LogP contribution >= 0.6 is 12.4 Å². The highest BCUT2D eigenvalue weighted by Gasteiger charge is 2.46. The second kappa shape index (κ2) is 6.21. The van der Waals surface area contributed by atoms with E-state index in [-0.39, 0.29) is 23.9 Å². The van der Waals surface area contributed by atoms with Gasteiger partial charge in [0.05, 0.1) is 11.9 Å². The number of rotatable bonds is 1. The Balaban J connectivity index is 0.00000168. The summed E-state index contributed by atoms with van der Waals surface area (Å²) < 4.78 is 0. The van der Waals surface area contributed by atoms with Crippen molar-refractivity contribution in [2.24, 2.45) is 11.1 Å². The van der Waals surface area contributed by atoms with Crippen molar-refractivity contribution in [3.8, 4) is 0 Å². The number of H-pyrrole nitrogens is 1. The third-order valence-electron chi connectivity index (χ3n) is 6.08. The molecule has 1 spiro atoms. The van der Waals surface area contributed by atoms with Crippen molar-refractivity contribution in [3.63, 3.8) is 0 Å². The fraction of sp³-hybridized carbons (Fsp3) is 0.421. The van der Waals surface area contributed by atoms with Gasteiger partial charge in [-0.05, 0) is 42.7 Å². The molecule has 1 saturated heterocycles. The second-order valence-corrected chi connectivity index (χ2v) is 7.44. The standard InChI is InChI=1S/C19H22N6.ClH/c1-12-18(23-17-15(22-12)11-21-24-17)25-8-6-19(7-9-25)10-13-4-2-3-5-14(13)16(19)20;/h2-5,11,16H,6-10,20H2,1H3,(H,21,23,24);1H. The molecule has 3 aromatic rings. The molecule has 3 heterocycles. The van der Waals surface area contributed by atoms with Gasteiger partial charge in [-0.25, -0.2) is 9.97 Å². The van der Waals surface area contributed by atoms with Crippen LogP contribution in [0.3, 0.4) is 0 Å². The predicted molar refractivity (Wildman–Crippen MR) is 105 cm³/mol. The van der Waals surface area contributed by atoms with E-state index in [9.17, 15) is 0 Å². The summed E-state index contributed by atoms with van der Waals surface area (Å²) in [6.07, 6.45) is 5.00. The SMILES string of the molecule is Cc1nc2cn[nH]c2nc1N1CCC2(CC1)Cc1ccccc1C2N.Cl. The first-order chi connectivity index (χ1) is 12.2. The van der Waals surface area contributed by atoms with Crippen molar-refractivity contribution >= 4 is 29.4 Å². The van der Waals surface area contributed by atoms with Gasteiger partial charge in [-0.1, -0.05) is 24.3 Å². The normalized spacial score (nSPS) is 21.0. The van der Waals surface area contributed by atoms with Crippen LogP contribution in [0.5, 0.6) is 0 Å². The Bertz CT molecular complexity index is 944. The molecule has 1 fully saturated rings. The molecular weight excluding hydrogens is 348 g/mol. The third kappa shape index (κ3) is 2.47. The van der Waals surface area contributed by atoms with E-state index in [1.165, 1.54) is 11.1 Å². The first-order valence-electron chi connectivity index (χ1n) is 8.92. The van der Waals surface area contributed by atoms with Crippen LogP contribution in [0.4, 0.5) is 5.82 Å². The molecular formula is C19H23ClN6. The average Bonchev–Trinajstić information content (AvgIpc) is 3.18. The van der Waals surface area contributed by atoms with E-state index in [0.717, 1.165) is 55.0 Å². The number of hydrogen-bond acceptors (Lipinski definition) is 5. The Labute approximate surface area is 158 Å². The second-order valence-electron chi connectivity index (χ2n) is 7.44. The summed E-state index contributed by atoms with van der Waals surface area (Å²) in [5, 5.41) is 6.96. The number of nitrogens with one attached hydrogen (secondary N) is 1. The summed E-state index contributed by atoms with van der Waals surface area (Å²) >= 11 is 0. The third-order valence-corrected chi connectivity index (χ3v) is 6.08. The quantitative estimate of drug-likeness (QED) is 0.688. The smallest absolute Gasteiger partial charge is 0.176 e. The molecule has 5 rings (SSSR count). The number of halogens is 1.